The van der Waals surface area contributed by atoms with E-state index >= 15 is 0 Å². The van der Waals surface area contributed by atoms with Gasteiger partial charge in [-0.25, -0.2) is 0 Å². The van der Waals surface area contributed by atoms with Crippen LogP contribution in [0.2, 0.25) is 0 Å². The molecule has 0 radical (unpaired) electrons. The largest absolute Gasteiger partial charge is 0.379 e. The summed E-state index contributed by atoms with van der Waals surface area (Å²) in [4.78, 5) is 10.4. The van der Waals surface area contributed by atoms with Crippen LogP contribution in [0.4, 0.5) is 11.4 Å². The molecule has 0 amide bonds. The van der Waals surface area contributed by atoms with Crippen LogP contribution >= 0.6 is 0 Å². The Labute approximate surface area is 106 Å². The zero-order valence-corrected chi connectivity index (χ0v) is 10.1. The molecular formula is C13H15N3O2. The molecule has 1 aromatic carbocycles. The zero-order valence-electron chi connectivity index (χ0n) is 10.1. The van der Waals surface area contributed by atoms with Gasteiger partial charge in [-0.1, -0.05) is 19.3 Å². The Hall–Kier alpha value is -2.09. The second kappa shape index (κ2) is 5.50. The Morgan fingerprint density at radius 3 is 2.83 bits per heavy atom. The van der Waals surface area contributed by atoms with Gasteiger partial charge in [0.05, 0.1) is 16.6 Å². The third-order valence-electron chi connectivity index (χ3n) is 3.42. The number of hydrogen-bond acceptors (Lipinski definition) is 4. The number of nitriles is 1. The Morgan fingerprint density at radius 2 is 2.28 bits per heavy atom. The number of nitrogens with zero attached hydrogens (tertiary/aromatic N) is 2. The van der Waals surface area contributed by atoms with E-state index < -0.39 is 4.92 Å². The van der Waals surface area contributed by atoms with Crippen molar-refractivity contribution in [3.63, 3.8) is 0 Å². The van der Waals surface area contributed by atoms with Gasteiger partial charge in [-0.3, -0.25) is 10.1 Å². The van der Waals surface area contributed by atoms with E-state index in [0.29, 0.717) is 11.3 Å². The van der Waals surface area contributed by atoms with Crippen molar-refractivity contribution in [1.29, 1.82) is 5.26 Å². The molecular weight excluding hydrogens is 230 g/mol. The lowest BCUT2D eigenvalue weighted by Gasteiger charge is -2.25. The van der Waals surface area contributed by atoms with Crippen molar-refractivity contribution in [3.8, 4) is 6.07 Å². The molecule has 1 fully saturated rings. The average molecular weight is 245 g/mol. The number of nitro benzene ring substituents is 1. The number of nitrogens with one attached hydrogen (secondary N) is 1. The molecule has 1 aromatic rings. The highest BCUT2D eigenvalue weighted by molar-refractivity contribution is 5.64. The molecule has 5 nitrogen and oxygen atoms in total. The summed E-state index contributed by atoms with van der Waals surface area (Å²) in [6, 6.07) is 6.38. The Kier molecular flexibility index (Phi) is 3.78. The van der Waals surface area contributed by atoms with Gasteiger partial charge in [0, 0.05) is 12.6 Å². The molecule has 0 aromatic heterocycles. The Bertz CT molecular complexity index is 489. The van der Waals surface area contributed by atoms with Crippen LogP contribution in [0.1, 0.15) is 31.2 Å². The summed E-state index contributed by atoms with van der Waals surface area (Å²) < 4.78 is 0. The first-order valence-corrected chi connectivity index (χ1v) is 6.13. The fourth-order valence-electron chi connectivity index (χ4n) is 2.10. The molecule has 1 N–H and O–H groups in total. The maximum Gasteiger partial charge on any atom is 0.292 e. The molecule has 18 heavy (non-hydrogen) atoms. The smallest absolute Gasteiger partial charge is 0.292 e. The van der Waals surface area contributed by atoms with Gasteiger partial charge in [-0.2, -0.15) is 5.26 Å². The van der Waals surface area contributed by atoms with E-state index in [1.807, 2.05) is 6.07 Å². The van der Waals surface area contributed by atoms with Gasteiger partial charge < -0.3 is 5.32 Å². The Balaban J connectivity index is 2.03. The summed E-state index contributed by atoms with van der Waals surface area (Å²) in [5, 5.41) is 22.7. The molecule has 0 aliphatic heterocycles. The van der Waals surface area contributed by atoms with Gasteiger partial charge in [0.25, 0.3) is 5.69 Å². The predicted molar refractivity (Wildman–Crippen MR) is 68.3 cm³/mol. The van der Waals surface area contributed by atoms with Crippen molar-refractivity contribution < 1.29 is 4.92 Å². The monoisotopic (exact) mass is 245 g/mol. The minimum absolute atomic E-state index is 0.0302. The first kappa shape index (κ1) is 12.4. The fraction of sp³-hybridized carbons (Fsp3) is 0.462. The van der Waals surface area contributed by atoms with Crippen LogP contribution in [-0.4, -0.2) is 11.5 Å². The highest BCUT2D eigenvalue weighted by Crippen LogP contribution is 2.30. The van der Waals surface area contributed by atoms with E-state index in [-0.39, 0.29) is 5.69 Å². The van der Waals surface area contributed by atoms with Crippen molar-refractivity contribution in [2.24, 2.45) is 5.92 Å². The second-order valence-electron chi connectivity index (χ2n) is 4.61. The van der Waals surface area contributed by atoms with E-state index in [4.69, 9.17) is 5.26 Å². The molecule has 0 heterocycles. The van der Waals surface area contributed by atoms with E-state index in [9.17, 15) is 10.1 Å². The van der Waals surface area contributed by atoms with Crippen LogP contribution in [0.5, 0.6) is 0 Å². The molecule has 1 aliphatic rings. The van der Waals surface area contributed by atoms with Gasteiger partial charge >= 0.3 is 0 Å². The lowest BCUT2D eigenvalue weighted by molar-refractivity contribution is -0.384. The minimum atomic E-state index is -0.424. The third kappa shape index (κ3) is 2.77. The van der Waals surface area contributed by atoms with E-state index in [0.717, 1.165) is 18.9 Å². The molecule has 2 rings (SSSR count). The molecule has 0 bridgehead atoms. The maximum absolute atomic E-state index is 10.9. The van der Waals surface area contributed by atoms with Crippen molar-refractivity contribution in [2.45, 2.75) is 25.7 Å². The van der Waals surface area contributed by atoms with Crippen LogP contribution in [0.25, 0.3) is 0 Å². The molecule has 0 spiro atoms. The number of rotatable bonds is 5. The fourth-order valence-corrected chi connectivity index (χ4v) is 2.10. The molecule has 0 atom stereocenters. The van der Waals surface area contributed by atoms with Crippen LogP contribution in [0.3, 0.4) is 0 Å². The Morgan fingerprint density at radius 1 is 1.50 bits per heavy atom. The number of anilines is 1. The van der Waals surface area contributed by atoms with Crippen molar-refractivity contribution >= 4 is 11.4 Å². The zero-order chi connectivity index (χ0) is 13.0. The van der Waals surface area contributed by atoms with Gasteiger partial charge in [0.1, 0.15) is 5.69 Å². The maximum atomic E-state index is 10.9. The summed E-state index contributed by atoms with van der Waals surface area (Å²) in [5.74, 6) is 0.760. The highest BCUT2D eigenvalue weighted by atomic mass is 16.6. The average Bonchev–Trinajstić information content (AvgIpc) is 2.31. The van der Waals surface area contributed by atoms with Crippen LogP contribution in [0, 0.1) is 27.4 Å². The minimum Gasteiger partial charge on any atom is -0.379 e. The molecule has 0 saturated heterocycles. The number of hydrogen-bond donors (Lipinski definition) is 1. The summed E-state index contributed by atoms with van der Waals surface area (Å²) in [6.45, 7) is 0.723. The van der Waals surface area contributed by atoms with Crippen molar-refractivity contribution in [1.82, 2.24) is 0 Å². The van der Waals surface area contributed by atoms with E-state index in [1.165, 1.54) is 31.4 Å². The first-order chi connectivity index (χ1) is 8.70. The second-order valence-corrected chi connectivity index (χ2v) is 4.61. The number of benzene rings is 1. The lowest BCUT2D eigenvalue weighted by atomic mass is 9.83. The predicted octanol–water partition coefficient (Wildman–Crippen LogP) is 3.07. The van der Waals surface area contributed by atoms with Crippen LogP contribution < -0.4 is 5.32 Å². The first-order valence-electron chi connectivity index (χ1n) is 6.13. The summed E-state index contributed by atoms with van der Waals surface area (Å²) >= 11 is 0. The summed E-state index contributed by atoms with van der Waals surface area (Å²) in [6.07, 6.45) is 4.87. The summed E-state index contributed by atoms with van der Waals surface area (Å²) in [5.41, 5.74) is 0.910. The van der Waals surface area contributed by atoms with Crippen molar-refractivity contribution in [2.75, 3.05) is 11.9 Å². The number of nitro groups is 1. The molecule has 94 valence electrons. The lowest BCUT2D eigenvalue weighted by Crippen LogP contribution is -2.16. The molecule has 0 unspecified atom stereocenters. The van der Waals surface area contributed by atoms with Crippen LogP contribution in [-0.2, 0) is 0 Å². The SMILES string of the molecule is N#Cc1ccc([N+](=O)[O-])c(NCCC2CCC2)c1. The van der Waals surface area contributed by atoms with Crippen LogP contribution in [0.15, 0.2) is 18.2 Å². The van der Waals surface area contributed by atoms with E-state index in [2.05, 4.69) is 5.32 Å². The normalized spacial score (nSPS) is 14.6. The summed E-state index contributed by atoms with van der Waals surface area (Å²) in [7, 11) is 0. The quantitative estimate of drug-likeness (QED) is 0.638. The third-order valence-corrected chi connectivity index (χ3v) is 3.42. The van der Waals surface area contributed by atoms with Gasteiger partial charge in [0.2, 0.25) is 0 Å². The molecule has 5 heteroatoms. The topological polar surface area (TPSA) is 79.0 Å². The van der Waals surface area contributed by atoms with E-state index in [1.54, 1.807) is 6.07 Å². The molecule has 1 saturated carbocycles. The standard InChI is InChI=1S/C13H15N3O2/c14-9-11-4-5-13(16(17)18)12(8-11)15-7-6-10-2-1-3-10/h4-5,8,10,15H,1-3,6-7H2. The van der Waals surface area contributed by atoms with Gasteiger partial charge in [0.15, 0.2) is 0 Å². The van der Waals surface area contributed by atoms with Gasteiger partial charge in [-0.15, -0.1) is 0 Å². The molecule has 1 aliphatic carbocycles. The highest BCUT2D eigenvalue weighted by Gasteiger charge is 2.18. The van der Waals surface area contributed by atoms with Crippen molar-refractivity contribution in [3.05, 3.63) is 33.9 Å². The van der Waals surface area contributed by atoms with Gasteiger partial charge in [-0.05, 0) is 24.5 Å².